The molecule has 0 aromatic rings. The first-order valence-electron chi connectivity index (χ1n) is 8.60. The number of hydrogen-bond acceptors (Lipinski definition) is 5. The van der Waals surface area contributed by atoms with Crippen LogP contribution in [-0.2, 0) is 9.47 Å². The molecular weight excluding hydrogens is 322 g/mol. The van der Waals surface area contributed by atoms with Crippen molar-refractivity contribution in [3.8, 4) is 0 Å². The lowest BCUT2D eigenvalue weighted by atomic mass is 9.92. The highest BCUT2D eigenvalue weighted by Gasteiger charge is 2.27. The third-order valence-corrected chi connectivity index (χ3v) is 3.45. The van der Waals surface area contributed by atoms with Crippen LogP contribution < -0.4 is 5.32 Å². The Morgan fingerprint density at radius 2 is 1.56 bits per heavy atom. The van der Waals surface area contributed by atoms with E-state index in [0.29, 0.717) is 31.6 Å². The molecule has 2 amide bonds. The number of likely N-dealkylation sites (tertiary alicyclic amines) is 1. The van der Waals surface area contributed by atoms with Gasteiger partial charge in [0.2, 0.25) is 0 Å². The summed E-state index contributed by atoms with van der Waals surface area (Å²) in [4.78, 5) is 25.2. The van der Waals surface area contributed by atoms with Crippen molar-refractivity contribution < 1.29 is 19.1 Å². The molecular formula is C18H31N3O4. The summed E-state index contributed by atoms with van der Waals surface area (Å²) >= 11 is 0. The van der Waals surface area contributed by atoms with Gasteiger partial charge in [0.05, 0.1) is 0 Å². The second-order valence-electron chi connectivity index (χ2n) is 8.18. The number of nitrogens with zero attached hydrogens (tertiary/aromatic N) is 1. The summed E-state index contributed by atoms with van der Waals surface area (Å²) in [7, 11) is 0. The number of ether oxygens (including phenoxy) is 2. The molecule has 0 unspecified atom stereocenters. The number of rotatable bonds is 3. The Morgan fingerprint density at radius 1 is 1.04 bits per heavy atom. The minimum absolute atomic E-state index is 0.0652. The van der Waals surface area contributed by atoms with Crippen LogP contribution in [0.2, 0.25) is 0 Å². The molecule has 0 atom stereocenters. The summed E-state index contributed by atoms with van der Waals surface area (Å²) in [6.45, 7) is 12.0. The van der Waals surface area contributed by atoms with E-state index in [9.17, 15) is 9.59 Å². The Hall–Kier alpha value is -2.05. The Labute approximate surface area is 150 Å². The zero-order valence-electron chi connectivity index (χ0n) is 16.1. The molecule has 7 nitrogen and oxygen atoms in total. The summed E-state index contributed by atoms with van der Waals surface area (Å²) in [6, 6.07) is 0. The number of carbonyl (C=O) groups excluding carboxylic acids is 2. The van der Waals surface area contributed by atoms with Gasteiger partial charge in [-0.05, 0) is 60.5 Å². The van der Waals surface area contributed by atoms with E-state index in [-0.39, 0.29) is 12.0 Å². The maximum absolute atomic E-state index is 12.0. The van der Waals surface area contributed by atoms with Crippen molar-refractivity contribution in [2.45, 2.75) is 65.6 Å². The van der Waals surface area contributed by atoms with Gasteiger partial charge in [-0.3, -0.25) is 5.32 Å². The predicted octanol–water partition coefficient (Wildman–Crippen LogP) is 3.69. The Balaban J connectivity index is 2.39. The van der Waals surface area contributed by atoms with Gasteiger partial charge in [-0.15, -0.1) is 0 Å². The molecule has 2 N–H and O–H groups in total. The molecule has 142 valence electrons. The third kappa shape index (κ3) is 8.56. The number of nitrogens with one attached hydrogen (secondary N) is 2. The molecule has 25 heavy (non-hydrogen) atoms. The number of alkyl carbamates (subject to hydrolysis) is 1. The number of amides is 2. The topological polar surface area (TPSA) is 91.7 Å². The molecule has 0 spiro atoms. The maximum Gasteiger partial charge on any atom is 0.411 e. The molecule has 0 bridgehead atoms. The second-order valence-corrected chi connectivity index (χ2v) is 8.18. The van der Waals surface area contributed by atoms with Crippen molar-refractivity contribution in [1.29, 1.82) is 5.41 Å². The summed E-state index contributed by atoms with van der Waals surface area (Å²) < 4.78 is 10.5. The molecule has 7 heteroatoms. The van der Waals surface area contributed by atoms with Crippen molar-refractivity contribution in [2.75, 3.05) is 13.1 Å². The van der Waals surface area contributed by atoms with Crippen molar-refractivity contribution in [1.82, 2.24) is 10.2 Å². The first kappa shape index (κ1) is 21.0. The summed E-state index contributed by atoms with van der Waals surface area (Å²) in [5, 5.41) is 10.6. The van der Waals surface area contributed by atoms with Crippen molar-refractivity contribution >= 4 is 17.9 Å². The Kier molecular flexibility index (Phi) is 7.02. The zero-order chi connectivity index (χ0) is 19.3. The third-order valence-electron chi connectivity index (χ3n) is 3.45. The van der Waals surface area contributed by atoms with Crippen LogP contribution in [0.25, 0.3) is 0 Å². The number of hydrogen-bond donors (Lipinski definition) is 2. The van der Waals surface area contributed by atoms with Crippen LogP contribution in [0.15, 0.2) is 12.3 Å². The van der Waals surface area contributed by atoms with Gasteiger partial charge in [0, 0.05) is 30.9 Å². The molecule has 0 aliphatic carbocycles. The summed E-state index contributed by atoms with van der Waals surface area (Å²) in [5.74, 6) is 0.0652. The van der Waals surface area contributed by atoms with E-state index in [1.54, 1.807) is 31.7 Å². The molecule has 1 aliphatic rings. The van der Waals surface area contributed by atoms with Gasteiger partial charge < -0.3 is 19.8 Å². The average Bonchev–Trinajstić information content (AvgIpc) is 2.43. The van der Waals surface area contributed by atoms with Gasteiger partial charge in [-0.1, -0.05) is 0 Å². The van der Waals surface area contributed by atoms with Gasteiger partial charge in [-0.25, -0.2) is 9.59 Å². The lowest BCUT2D eigenvalue weighted by Crippen LogP contribution is -2.42. The minimum atomic E-state index is -0.556. The van der Waals surface area contributed by atoms with Gasteiger partial charge in [0.15, 0.2) is 0 Å². The van der Waals surface area contributed by atoms with E-state index >= 15 is 0 Å². The van der Waals surface area contributed by atoms with E-state index in [1.807, 2.05) is 20.8 Å². The normalized spacial score (nSPS) is 16.6. The largest absolute Gasteiger partial charge is 0.444 e. The lowest BCUT2D eigenvalue weighted by molar-refractivity contribution is 0.0201. The fourth-order valence-corrected chi connectivity index (χ4v) is 2.34. The molecule has 1 rings (SSSR count). The molecule has 0 saturated carbocycles. The first-order valence-corrected chi connectivity index (χ1v) is 8.60. The van der Waals surface area contributed by atoms with E-state index in [1.165, 1.54) is 6.20 Å². The maximum atomic E-state index is 12.0. The molecule has 1 fully saturated rings. The molecule has 1 aliphatic heterocycles. The first-order chi connectivity index (χ1) is 11.4. The molecule has 1 heterocycles. The summed E-state index contributed by atoms with van der Waals surface area (Å²) in [5.41, 5.74) is -0.628. The van der Waals surface area contributed by atoms with E-state index in [2.05, 4.69) is 5.32 Å². The van der Waals surface area contributed by atoms with E-state index < -0.39 is 17.3 Å². The Morgan fingerprint density at radius 3 is 2.04 bits per heavy atom. The smallest absolute Gasteiger partial charge is 0.411 e. The predicted molar refractivity (Wildman–Crippen MR) is 96.8 cm³/mol. The fraction of sp³-hybridized carbons (Fsp3) is 0.722. The van der Waals surface area contributed by atoms with Gasteiger partial charge >= 0.3 is 12.2 Å². The van der Waals surface area contributed by atoms with Crippen LogP contribution in [0.3, 0.4) is 0 Å². The van der Waals surface area contributed by atoms with Gasteiger partial charge in [0.1, 0.15) is 11.2 Å². The van der Waals surface area contributed by atoms with Crippen LogP contribution in [0.5, 0.6) is 0 Å². The van der Waals surface area contributed by atoms with E-state index in [4.69, 9.17) is 14.9 Å². The van der Waals surface area contributed by atoms with Crippen LogP contribution in [0.1, 0.15) is 54.4 Å². The van der Waals surface area contributed by atoms with Crippen molar-refractivity contribution in [2.24, 2.45) is 5.92 Å². The fourth-order valence-electron chi connectivity index (χ4n) is 2.34. The van der Waals surface area contributed by atoms with Crippen LogP contribution >= 0.6 is 0 Å². The van der Waals surface area contributed by atoms with Gasteiger partial charge in [-0.2, -0.15) is 0 Å². The van der Waals surface area contributed by atoms with E-state index in [0.717, 1.165) is 0 Å². The lowest BCUT2D eigenvalue weighted by Gasteiger charge is -2.33. The van der Waals surface area contributed by atoms with Crippen LogP contribution in [0.4, 0.5) is 9.59 Å². The standard InChI is InChI=1S/C18H31N3O4/c1-17(2,3)24-15(22)20-10-7-14(19)13-8-11-21(12-9-13)16(23)25-18(4,5)6/h7,10,13,19H,8-9,11-12H2,1-6H3,(H,20,22)/b10-7-,19-14?. The molecule has 0 radical (unpaired) electrons. The number of piperidine rings is 1. The highest BCUT2D eigenvalue weighted by atomic mass is 16.6. The monoisotopic (exact) mass is 353 g/mol. The number of carbonyl (C=O) groups is 2. The molecule has 0 aromatic heterocycles. The molecule has 0 aromatic carbocycles. The van der Waals surface area contributed by atoms with Crippen LogP contribution in [0, 0.1) is 11.3 Å². The van der Waals surface area contributed by atoms with Crippen LogP contribution in [-0.4, -0.2) is 47.1 Å². The summed E-state index contributed by atoms with van der Waals surface area (Å²) in [6.07, 6.45) is 3.55. The van der Waals surface area contributed by atoms with Gasteiger partial charge in [0.25, 0.3) is 0 Å². The molecule has 1 saturated heterocycles. The highest BCUT2D eigenvalue weighted by molar-refractivity contribution is 5.94. The van der Waals surface area contributed by atoms with Crippen molar-refractivity contribution in [3.63, 3.8) is 0 Å². The SMILES string of the molecule is CC(C)(C)OC(=O)N/C=C\C(=N)C1CCN(C(=O)OC(C)(C)C)CC1. The second kappa shape index (κ2) is 8.36. The average molecular weight is 353 g/mol. The Bertz CT molecular complexity index is 521. The highest BCUT2D eigenvalue weighted by Crippen LogP contribution is 2.21. The number of allylic oxidation sites excluding steroid dienone is 1. The minimum Gasteiger partial charge on any atom is -0.444 e. The quantitative estimate of drug-likeness (QED) is 0.757. The van der Waals surface area contributed by atoms with Crippen molar-refractivity contribution in [3.05, 3.63) is 12.3 Å². The zero-order valence-corrected chi connectivity index (χ0v) is 16.1.